The molecule has 0 amide bonds. The fraction of sp³-hybridized carbons (Fsp3) is 0.200. The van der Waals surface area contributed by atoms with Crippen LogP contribution in [-0.4, -0.2) is 23.2 Å². The lowest BCUT2D eigenvalue weighted by Crippen LogP contribution is -2.00. The van der Waals surface area contributed by atoms with Crippen molar-refractivity contribution in [3.05, 3.63) is 11.1 Å². The van der Waals surface area contributed by atoms with E-state index >= 15 is 0 Å². The first-order valence-electron chi connectivity index (χ1n) is 2.40. The third-order valence-electron chi connectivity index (χ3n) is 0.825. The van der Waals surface area contributed by atoms with E-state index in [0.29, 0.717) is 0 Å². The molecule has 0 aliphatic rings. The number of carbonyl (C=O) groups excluding carboxylic acids is 1. The van der Waals surface area contributed by atoms with E-state index in [-0.39, 0.29) is 10.9 Å². The van der Waals surface area contributed by atoms with Crippen LogP contribution < -0.4 is 0 Å². The van der Waals surface area contributed by atoms with Gasteiger partial charge in [0.15, 0.2) is 5.69 Å². The number of carbonyl (C=O) groups is 1. The van der Waals surface area contributed by atoms with Crippen LogP contribution in [0, 0.1) is 5.38 Å². The largest absolute Gasteiger partial charge is 0.486 e. The van der Waals surface area contributed by atoms with Crippen LogP contribution in [0.15, 0.2) is 0 Å². The average molecular weight is 158 g/mol. The molecule has 1 radical (unpaired) electrons. The highest BCUT2D eigenvalue weighted by atomic mass is 32.1. The van der Waals surface area contributed by atoms with E-state index in [4.69, 9.17) is 5.11 Å². The first-order chi connectivity index (χ1) is 4.74. The highest BCUT2D eigenvalue weighted by Crippen LogP contribution is 2.14. The predicted molar refractivity (Wildman–Crippen MR) is 34.0 cm³/mol. The maximum Gasteiger partial charge on any atom is 0.358 e. The Morgan fingerprint density at radius 3 is 3.00 bits per heavy atom. The Bertz CT molecular complexity index is 245. The van der Waals surface area contributed by atoms with Gasteiger partial charge in [0.25, 0.3) is 5.19 Å². The molecule has 0 aliphatic heterocycles. The summed E-state index contributed by atoms with van der Waals surface area (Å²) in [6.45, 7) is 0. The molecular weight excluding hydrogens is 154 g/mol. The Balaban J connectivity index is 2.85. The Kier molecular flexibility index (Phi) is 1.86. The third kappa shape index (κ3) is 1.24. The minimum atomic E-state index is -0.587. The van der Waals surface area contributed by atoms with Gasteiger partial charge in [-0.2, -0.15) is 4.98 Å². The van der Waals surface area contributed by atoms with Crippen molar-refractivity contribution in [3.8, 4) is 5.19 Å². The summed E-state index contributed by atoms with van der Waals surface area (Å²) in [5.74, 6) is -0.587. The molecule has 10 heavy (non-hydrogen) atoms. The van der Waals surface area contributed by atoms with Crippen molar-refractivity contribution < 1.29 is 14.6 Å². The number of hydrogen-bond acceptors (Lipinski definition) is 5. The number of rotatable bonds is 1. The summed E-state index contributed by atoms with van der Waals surface area (Å²) < 4.78 is 4.31. The summed E-state index contributed by atoms with van der Waals surface area (Å²) in [5.41, 5.74) is 0.0185. The predicted octanol–water partition coefficient (Wildman–Crippen LogP) is 0.435. The van der Waals surface area contributed by atoms with Gasteiger partial charge in [-0.05, 0) is 0 Å². The molecule has 4 nitrogen and oxygen atoms in total. The van der Waals surface area contributed by atoms with Crippen molar-refractivity contribution in [3.63, 3.8) is 0 Å². The number of methoxy groups -OCH3 is 1. The summed E-state index contributed by atoms with van der Waals surface area (Å²) in [5, 5.41) is 10.9. The molecule has 0 fully saturated rings. The van der Waals surface area contributed by atoms with E-state index in [2.05, 4.69) is 15.1 Å². The number of hydrogen-bond donors (Lipinski definition) is 1. The van der Waals surface area contributed by atoms with Crippen molar-refractivity contribution in [2.45, 2.75) is 0 Å². The van der Waals surface area contributed by atoms with Gasteiger partial charge in [0.1, 0.15) is 0 Å². The van der Waals surface area contributed by atoms with Crippen molar-refractivity contribution >= 4 is 17.3 Å². The molecular formula is C5H4NO3S. The second-order valence-electron chi connectivity index (χ2n) is 1.44. The van der Waals surface area contributed by atoms with Crippen LogP contribution in [0.25, 0.3) is 0 Å². The number of esters is 1. The van der Waals surface area contributed by atoms with Crippen LogP contribution in [0.1, 0.15) is 10.5 Å². The second-order valence-corrected chi connectivity index (χ2v) is 2.21. The molecule has 0 spiro atoms. The van der Waals surface area contributed by atoms with Gasteiger partial charge in [-0.25, -0.2) is 4.79 Å². The molecule has 0 aliphatic carbocycles. The van der Waals surface area contributed by atoms with Gasteiger partial charge < -0.3 is 9.84 Å². The smallest absolute Gasteiger partial charge is 0.358 e. The second kappa shape index (κ2) is 2.66. The highest BCUT2D eigenvalue weighted by molar-refractivity contribution is 7.11. The maximum absolute atomic E-state index is 10.6. The van der Waals surface area contributed by atoms with E-state index in [1.165, 1.54) is 7.11 Å². The zero-order chi connectivity index (χ0) is 7.56. The number of thiazole rings is 1. The number of aromatic nitrogens is 1. The van der Waals surface area contributed by atoms with E-state index in [1.807, 2.05) is 0 Å². The molecule has 0 atom stereocenters. The Hall–Kier alpha value is -1.10. The lowest BCUT2D eigenvalue weighted by Gasteiger charge is -1.89. The van der Waals surface area contributed by atoms with Crippen LogP contribution in [0.4, 0.5) is 0 Å². The molecule has 1 aromatic heterocycles. The van der Waals surface area contributed by atoms with Gasteiger partial charge in [-0.3, -0.25) is 0 Å². The third-order valence-corrected chi connectivity index (χ3v) is 1.39. The van der Waals surface area contributed by atoms with E-state index in [0.717, 1.165) is 11.3 Å². The summed E-state index contributed by atoms with van der Waals surface area (Å²) in [4.78, 5) is 14.0. The van der Waals surface area contributed by atoms with Crippen LogP contribution >= 0.6 is 11.3 Å². The van der Waals surface area contributed by atoms with Crippen LogP contribution in [-0.2, 0) is 4.74 Å². The molecule has 1 N–H and O–H groups in total. The summed E-state index contributed by atoms with van der Waals surface area (Å²) in [7, 11) is 1.24. The zero-order valence-electron chi connectivity index (χ0n) is 5.12. The van der Waals surface area contributed by atoms with Gasteiger partial charge in [0, 0.05) is 0 Å². The summed E-state index contributed by atoms with van der Waals surface area (Å²) in [6, 6.07) is 0. The van der Waals surface area contributed by atoms with Gasteiger partial charge in [-0.15, -0.1) is 0 Å². The summed E-state index contributed by atoms with van der Waals surface area (Å²) in [6.07, 6.45) is 0. The lowest BCUT2D eigenvalue weighted by atomic mass is 10.5. The van der Waals surface area contributed by atoms with Crippen molar-refractivity contribution in [2.75, 3.05) is 7.11 Å². The Morgan fingerprint density at radius 2 is 2.60 bits per heavy atom. The van der Waals surface area contributed by atoms with Gasteiger partial charge in [-0.1, -0.05) is 11.3 Å². The van der Waals surface area contributed by atoms with Gasteiger partial charge in [0.05, 0.1) is 12.5 Å². The maximum atomic E-state index is 10.6. The number of aromatic hydroxyl groups is 1. The molecule has 0 aromatic carbocycles. The molecule has 53 valence electrons. The quantitative estimate of drug-likeness (QED) is 0.602. The Morgan fingerprint density at radius 1 is 1.90 bits per heavy atom. The lowest BCUT2D eigenvalue weighted by molar-refractivity contribution is 0.0594. The van der Waals surface area contributed by atoms with Crippen molar-refractivity contribution in [2.24, 2.45) is 0 Å². The summed E-state index contributed by atoms with van der Waals surface area (Å²) >= 11 is 0.867. The standard InChI is InChI=1S/C5H4NO3S/c1-9-4(7)3-2-10-5(8)6-3/h1H3,(H,6,8). The fourth-order valence-electron chi connectivity index (χ4n) is 0.419. The van der Waals surface area contributed by atoms with Crippen molar-refractivity contribution in [1.29, 1.82) is 0 Å². The van der Waals surface area contributed by atoms with E-state index in [9.17, 15) is 4.79 Å². The zero-order valence-corrected chi connectivity index (χ0v) is 5.94. The molecule has 0 unspecified atom stereocenters. The van der Waals surface area contributed by atoms with Crippen molar-refractivity contribution in [1.82, 2.24) is 4.98 Å². The van der Waals surface area contributed by atoms with Gasteiger partial charge >= 0.3 is 5.97 Å². The molecule has 1 heterocycles. The SMILES string of the molecule is COC(=O)c1[c]sc(O)n1. The monoisotopic (exact) mass is 158 g/mol. The molecule has 1 aromatic rings. The normalized spacial score (nSPS) is 9.30. The average Bonchev–Trinajstić information content (AvgIpc) is 2.34. The van der Waals surface area contributed by atoms with Crippen LogP contribution in [0.2, 0.25) is 0 Å². The van der Waals surface area contributed by atoms with Crippen LogP contribution in [0.5, 0.6) is 5.19 Å². The molecule has 1 rings (SSSR count). The first kappa shape index (κ1) is 7.01. The minimum absolute atomic E-state index is 0.0185. The van der Waals surface area contributed by atoms with Crippen LogP contribution in [0.3, 0.4) is 0 Å². The highest BCUT2D eigenvalue weighted by Gasteiger charge is 2.09. The number of nitrogens with zero attached hydrogens (tertiary/aromatic N) is 1. The minimum Gasteiger partial charge on any atom is -0.486 e. The molecule has 5 heteroatoms. The van der Waals surface area contributed by atoms with E-state index in [1.54, 1.807) is 0 Å². The topological polar surface area (TPSA) is 59.4 Å². The van der Waals surface area contributed by atoms with Gasteiger partial charge in [0.2, 0.25) is 0 Å². The molecule has 0 saturated heterocycles. The van der Waals surface area contributed by atoms with E-state index < -0.39 is 5.97 Å². The molecule has 0 bridgehead atoms. The molecule has 0 saturated carbocycles. The fourth-order valence-corrected chi connectivity index (χ4v) is 0.873. The Labute approximate surface area is 61.1 Å². The first-order valence-corrected chi connectivity index (χ1v) is 3.21. The number of ether oxygens (including phenoxy) is 1.